The molecule has 1 N–H and O–H groups in total. The zero-order chi connectivity index (χ0) is 10.5. The average molecular weight is 190 g/mol. The van der Waals surface area contributed by atoms with E-state index in [9.17, 15) is 5.11 Å². The van der Waals surface area contributed by atoms with Crippen LogP contribution >= 0.6 is 0 Å². The number of phenolic OH excluding ortho intramolecular Hbond substituents is 1. The van der Waals surface area contributed by atoms with Crippen LogP contribution in [0, 0.1) is 13.8 Å². The van der Waals surface area contributed by atoms with Crippen LogP contribution in [0.1, 0.15) is 42.5 Å². The quantitative estimate of drug-likeness (QED) is 0.666. The van der Waals surface area contributed by atoms with E-state index in [0.717, 1.165) is 12.0 Å². The lowest BCUT2D eigenvalue weighted by Gasteiger charge is -2.20. The molecule has 76 valence electrons. The summed E-state index contributed by atoms with van der Waals surface area (Å²) in [5, 5.41) is 9.80. The van der Waals surface area contributed by atoms with Gasteiger partial charge in [-0.25, -0.2) is 0 Å². The molecule has 0 heterocycles. The molecule has 1 aromatic rings. The van der Waals surface area contributed by atoms with Crippen molar-refractivity contribution in [2.75, 3.05) is 0 Å². The molecule has 1 nitrogen and oxygen atoms in total. The summed E-state index contributed by atoms with van der Waals surface area (Å²) in [4.78, 5) is 0. The van der Waals surface area contributed by atoms with Crippen LogP contribution in [0.2, 0.25) is 0 Å². The molecule has 0 atom stereocenters. The van der Waals surface area contributed by atoms with Gasteiger partial charge >= 0.3 is 0 Å². The number of aromatic hydroxyl groups is 1. The molecule has 0 radical (unpaired) electrons. The first-order valence-corrected chi connectivity index (χ1v) is 5.26. The van der Waals surface area contributed by atoms with Crippen molar-refractivity contribution < 1.29 is 5.11 Å². The third-order valence-electron chi connectivity index (χ3n) is 3.73. The van der Waals surface area contributed by atoms with E-state index < -0.39 is 0 Å². The van der Waals surface area contributed by atoms with Gasteiger partial charge < -0.3 is 5.11 Å². The summed E-state index contributed by atoms with van der Waals surface area (Å²) in [5.41, 5.74) is 5.38. The van der Waals surface area contributed by atoms with E-state index in [1.54, 1.807) is 0 Å². The highest BCUT2D eigenvalue weighted by molar-refractivity contribution is 5.52. The Kier molecular flexibility index (Phi) is 1.88. The fourth-order valence-electron chi connectivity index (χ4n) is 2.45. The van der Waals surface area contributed by atoms with E-state index in [-0.39, 0.29) is 5.41 Å². The molecule has 0 spiro atoms. The maximum absolute atomic E-state index is 9.80. The number of benzene rings is 1. The molecular formula is C13H18O. The topological polar surface area (TPSA) is 20.2 Å². The number of rotatable bonds is 0. The molecule has 1 aliphatic rings. The maximum atomic E-state index is 9.80. The van der Waals surface area contributed by atoms with Crippen molar-refractivity contribution in [2.45, 2.75) is 46.0 Å². The van der Waals surface area contributed by atoms with Crippen LogP contribution < -0.4 is 0 Å². The summed E-state index contributed by atoms with van der Waals surface area (Å²) < 4.78 is 0. The third-order valence-corrected chi connectivity index (χ3v) is 3.73. The minimum atomic E-state index is 0.241. The fraction of sp³-hybridized carbons (Fsp3) is 0.538. The summed E-state index contributed by atoms with van der Waals surface area (Å²) in [5.74, 6) is 0.455. The Morgan fingerprint density at radius 2 is 1.86 bits per heavy atom. The van der Waals surface area contributed by atoms with Crippen molar-refractivity contribution in [2.24, 2.45) is 0 Å². The number of hydrogen-bond donors (Lipinski definition) is 1. The van der Waals surface area contributed by atoms with Crippen molar-refractivity contribution in [1.29, 1.82) is 0 Å². The van der Waals surface area contributed by atoms with Gasteiger partial charge in [0.05, 0.1) is 0 Å². The van der Waals surface area contributed by atoms with E-state index in [1.807, 2.05) is 13.0 Å². The molecular weight excluding hydrogens is 172 g/mol. The van der Waals surface area contributed by atoms with Crippen LogP contribution in [0.25, 0.3) is 0 Å². The van der Waals surface area contributed by atoms with Crippen molar-refractivity contribution in [3.05, 3.63) is 28.3 Å². The Morgan fingerprint density at radius 1 is 1.21 bits per heavy atom. The van der Waals surface area contributed by atoms with Gasteiger partial charge in [-0.3, -0.25) is 0 Å². The standard InChI is InChI=1S/C13H18O/c1-8-9(2)12(14)7-11-10(8)5-6-13(11,3)4/h7,14H,5-6H2,1-4H3. The van der Waals surface area contributed by atoms with E-state index in [0.29, 0.717) is 5.75 Å². The molecule has 1 heteroatoms. The van der Waals surface area contributed by atoms with E-state index in [1.165, 1.54) is 23.1 Å². The third kappa shape index (κ3) is 1.15. The van der Waals surface area contributed by atoms with Gasteiger partial charge in [0.1, 0.15) is 5.75 Å². The smallest absolute Gasteiger partial charge is 0.119 e. The Labute approximate surface area is 85.8 Å². The molecule has 0 saturated heterocycles. The zero-order valence-electron chi connectivity index (χ0n) is 9.44. The van der Waals surface area contributed by atoms with Crippen molar-refractivity contribution in [3.8, 4) is 5.75 Å². The molecule has 0 unspecified atom stereocenters. The second-order valence-corrected chi connectivity index (χ2v) is 5.06. The molecule has 1 aromatic carbocycles. The molecule has 0 fully saturated rings. The second-order valence-electron chi connectivity index (χ2n) is 5.06. The molecule has 2 rings (SSSR count). The van der Waals surface area contributed by atoms with E-state index >= 15 is 0 Å². The molecule has 0 saturated carbocycles. The van der Waals surface area contributed by atoms with Crippen molar-refractivity contribution in [1.82, 2.24) is 0 Å². The van der Waals surface area contributed by atoms with E-state index in [4.69, 9.17) is 0 Å². The number of hydrogen-bond acceptors (Lipinski definition) is 1. The predicted molar refractivity (Wildman–Crippen MR) is 58.9 cm³/mol. The lowest BCUT2D eigenvalue weighted by atomic mass is 9.85. The zero-order valence-corrected chi connectivity index (χ0v) is 9.44. The van der Waals surface area contributed by atoms with Gasteiger partial charge in [0, 0.05) is 0 Å². The molecule has 0 aliphatic heterocycles. The van der Waals surface area contributed by atoms with Gasteiger partial charge in [-0.1, -0.05) is 13.8 Å². The average Bonchev–Trinajstić information content (AvgIpc) is 2.39. The predicted octanol–water partition coefficient (Wildman–Crippen LogP) is 3.23. The number of fused-ring (bicyclic) bond motifs is 1. The van der Waals surface area contributed by atoms with Crippen LogP contribution in [-0.4, -0.2) is 5.11 Å². The van der Waals surface area contributed by atoms with Gasteiger partial charge in [-0.05, 0) is 60.4 Å². The Hall–Kier alpha value is -0.980. The first-order valence-electron chi connectivity index (χ1n) is 5.26. The highest BCUT2D eigenvalue weighted by Crippen LogP contribution is 2.42. The Balaban J connectivity index is 2.71. The first kappa shape index (κ1) is 9.57. The van der Waals surface area contributed by atoms with E-state index in [2.05, 4.69) is 20.8 Å². The van der Waals surface area contributed by atoms with Crippen LogP contribution in [0.4, 0.5) is 0 Å². The second kappa shape index (κ2) is 2.75. The minimum Gasteiger partial charge on any atom is -0.508 e. The summed E-state index contributed by atoms with van der Waals surface area (Å²) >= 11 is 0. The van der Waals surface area contributed by atoms with Crippen LogP contribution in [0.5, 0.6) is 5.75 Å². The van der Waals surface area contributed by atoms with Gasteiger partial charge in [0.2, 0.25) is 0 Å². The first-order chi connectivity index (χ1) is 6.43. The van der Waals surface area contributed by atoms with Gasteiger partial charge in [-0.2, -0.15) is 0 Å². The Bertz CT molecular complexity index is 389. The normalized spacial score (nSPS) is 18.3. The fourth-order valence-corrected chi connectivity index (χ4v) is 2.45. The molecule has 1 aliphatic carbocycles. The largest absolute Gasteiger partial charge is 0.508 e. The summed E-state index contributed by atoms with van der Waals surface area (Å²) in [6, 6.07) is 1.96. The summed E-state index contributed by atoms with van der Waals surface area (Å²) in [7, 11) is 0. The minimum absolute atomic E-state index is 0.241. The maximum Gasteiger partial charge on any atom is 0.119 e. The summed E-state index contributed by atoms with van der Waals surface area (Å²) in [6.45, 7) is 8.63. The van der Waals surface area contributed by atoms with Gasteiger partial charge in [0.15, 0.2) is 0 Å². The molecule has 0 amide bonds. The van der Waals surface area contributed by atoms with Crippen molar-refractivity contribution in [3.63, 3.8) is 0 Å². The van der Waals surface area contributed by atoms with Gasteiger partial charge in [-0.15, -0.1) is 0 Å². The lowest BCUT2D eigenvalue weighted by Crippen LogP contribution is -2.12. The number of phenols is 1. The SMILES string of the molecule is Cc1c(O)cc2c(c1C)CCC2(C)C. The molecule has 14 heavy (non-hydrogen) atoms. The highest BCUT2D eigenvalue weighted by atomic mass is 16.3. The van der Waals surface area contributed by atoms with Gasteiger partial charge in [0.25, 0.3) is 0 Å². The Morgan fingerprint density at radius 3 is 2.50 bits per heavy atom. The molecule has 0 aromatic heterocycles. The summed E-state index contributed by atoms with van der Waals surface area (Å²) in [6.07, 6.45) is 2.36. The van der Waals surface area contributed by atoms with Crippen LogP contribution in [0.3, 0.4) is 0 Å². The monoisotopic (exact) mass is 190 g/mol. The van der Waals surface area contributed by atoms with Crippen LogP contribution in [0.15, 0.2) is 6.07 Å². The van der Waals surface area contributed by atoms with Crippen LogP contribution in [-0.2, 0) is 11.8 Å². The van der Waals surface area contributed by atoms with Crippen molar-refractivity contribution >= 4 is 0 Å². The lowest BCUT2D eigenvalue weighted by molar-refractivity contribution is 0.465. The highest BCUT2D eigenvalue weighted by Gasteiger charge is 2.31. The molecule has 0 bridgehead atoms.